The lowest BCUT2D eigenvalue weighted by Gasteiger charge is -2.15. The Hall–Kier alpha value is -3.39. The van der Waals surface area contributed by atoms with Gasteiger partial charge in [-0.15, -0.1) is 0 Å². The third-order valence-corrected chi connectivity index (χ3v) is 8.61. The average Bonchev–Trinajstić information content (AvgIpc) is 3.46. The Bertz CT molecular complexity index is 1480. The van der Waals surface area contributed by atoms with Crippen LogP contribution in [-0.4, -0.2) is 44.6 Å². The molecule has 2 aliphatic carbocycles. The van der Waals surface area contributed by atoms with E-state index in [0.29, 0.717) is 38.0 Å². The van der Waals surface area contributed by atoms with Gasteiger partial charge in [0.25, 0.3) is 0 Å². The molecule has 0 saturated heterocycles. The van der Waals surface area contributed by atoms with Gasteiger partial charge in [-0.2, -0.15) is 0 Å². The lowest BCUT2D eigenvalue weighted by Crippen LogP contribution is -2.11. The number of sulfone groups is 1. The number of carbonyl (C=O) groups is 1. The van der Waals surface area contributed by atoms with Gasteiger partial charge in [-0.3, -0.25) is 4.79 Å². The molecule has 0 bridgehead atoms. The van der Waals surface area contributed by atoms with E-state index in [9.17, 15) is 13.2 Å². The topological polar surface area (TPSA) is 91.8 Å². The van der Waals surface area contributed by atoms with Crippen LogP contribution in [0.4, 0.5) is 0 Å². The van der Waals surface area contributed by atoms with Crippen LogP contribution in [0.3, 0.4) is 0 Å². The zero-order chi connectivity index (χ0) is 27.7. The van der Waals surface area contributed by atoms with Crippen molar-refractivity contribution in [1.82, 2.24) is 4.98 Å². The average molecular weight is 550 g/mol. The van der Waals surface area contributed by atoms with Gasteiger partial charge in [0.1, 0.15) is 22.2 Å². The van der Waals surface area contributed by atoms with Gasteiger partial charge < -0.3 is 14.2 Å². The summed E-state index contributed by atoms with van der Waals surface area (Å²) in [6.07, 6.45) is 4.44. The van der Waals surface area contributed by atoms with Crippen LogP contribution in [-0.2, 0) is 32.4 Å². The van der Waals surface area contributed by atoms with Crippen LogP contribution in [0.2, 0.25) is 0 Å². The van der Waals surface area contributed by atoms with E-state index < -0.39 is 9.84 Å². The number of hydrogen-bond acceptors (Lipinski definition) is 7. The molecule has 0 radical (unpaired) electrons. The first kappa shape index (κ1) is 27.2. The predicted octanol–water partition coefficient (Wildman–Crippen LogP) is 5.21. The molecule has 2 aliphatic rings. The number of esters is 1. The Morgan fingerprint density at radius 3 is 2.56 bits per heavy atom. The molecule has 5 rings (SSSR count). The lowest BCUT2D eigenvalue weighted by atomic mass is 9.94. The summed E-state index contributed by atoms with van der Waals surface area (Å²) in [7, 11) is -2.98. The first-order valence-corrected chi connectivity index (χ1v) is 15.5. The van der Waals surface area contributed by atoms with Crippen LogP contribution in [0.5, 0.6) is 11.6 Å². The Morgan fingerprint density at radius 1 is 1.08 bits per heavy atom. The van der Waals surface area contributed by atoms with Crippen molar-refractivity contribution in [3.05, 3.63) is 76.5 Å². The molecule has 206 valence electrons. The summed E-state index contributed by atoms with van der Waals surface area (Å²) < 4.78 is 39.8. The van der Waals surface area contributed by atoms with Gasteiger partial charge in [-0.1, -0.05) is 18.2 Å². The highest BCUT2D eigenvalue weighted by Crippen LogP contribution is 2.61. The van der Waals surface area contributed by atoms with Gasteiger partial charge in [0.2, 0.25) is 5.88 Å². The highest BCUT2D eigenvalue weighted by molar-refractivity contribution is 7.90. The normalized spacial score (nSPS) is 19.2. The lowest BCUT2D eigenvalue weighted by molar-refractivity contribution is -0.145. The fraction of sp³-hybridized carbons (Fsp3) is 0.419. The summed E-state index contributed by atoms with van der Waals surface area (Å²) in [5.74, 6) is 1.94. The quantitative estimate of drug-likeness (QED) is 0.240. The Kier molecular flexibility index (Phi) is 7.67. The number of carbonyl (C=O) groups excluding carboxylic acids is 1. The van der Waals surface area contributed by atoms with Crippen molar-refractivity contribution < 1.29 is 27.4 Å². The fourth-order valence-electron chi connectivity index (χ4n) is 5.85. The Labute approximate surface area is 230 Å². The maximum Gasteiger partial charge on any atom is 0.309 e. The van der Waals surface area contributed by atoms with E-state index in [1.54, 1.807) is 0 Å². The molecule has 0 aliphatic heterocycles. The molecule has 1 heterocycles. The number of fused-ring (bicyclic) bond motifs is 3. The number of ether oxygens (including phenoxy) is 3. The van der Waals surface area contributed by atoms with E-state index in [1.807, 2.05) is 43.5 Å². The predicted molar refractivity (Wildman–Crippen MR) is 150 cm³/mol. The van der Waals surface area contributed by atoms with E-state index in [2.05, 4.69) is 31.0 Å². The molecule has 1 aromatic heterocycles. The molecule has 8 heteroatoms. The van der Waals surface area contributed by atoms with Crippen molar-refractivity contribution in [2.24, 2.45) is 11.8 Å². The molecule has 0 unspecified atom stereocenters. The number of pyridine rings is 1. The molecule has 39 heavy (non-hydrogen) atoms. The molecule has 0 amide bonds. The van der Waals surface area contributed by atoms with E-state index in [0.717, 1.165) is 45.6 Å². The molecular weight excluding hydrogens is 514 g/mol. The van der Waals surface area contributed by atoms with E-state index in [-0.39, 0.29) is 23.6 Å². The first-order valence-electron chi connectivity index (χ1n) is 13.4. The summed E-state index contributed by atoms with van der Waals surface area (Å²) in [4.78, 5) is 16.7. The molecule has 3 aromatic rings. The minimum Gasteiger partial charge on any atom is -0.494 e. The smallest absolute Gasteiger partial charge is 0.309 e. The van der Waals surface area contributed by atoms with Crippen LogP contribution in [0.15, 0.2) is 48.7 Å². The number of aromatic nitrogens is 1. The van der Waals surface area contributed by atoms with Gasteiger partial charge >= 0.3 is 5.97 Å². The summed E-state index contributed by atoms with van der Waals surface area (Å²) >= 11 is 0. The molecule has 3 atom stereocenters. The number of benzene rings is 2. The minimum atomic E-state index is -2.98. The zero-order valence-corrected chi connectivity index (χ0v) is 23.7. The van der Waals surface area contributed by atoms with Crippen molar-refractivity contribution in [2.45, 2.75) is 46.1 Å². The van der Waals surface area contributed by atoms with Gasteiger partial charge in [0, 0.05) is 24.4 Å². The standard InChI is InChI=1S/C31H35NO6S/c1-5-36-31(33)30-25-15-23-16-27(32-17-26(23)29(25)30)38-18-21-8-6-9-22(14-21)28-19(2)12-24(13-20(28)3)37-10-7-11-39(4,34)35/h6,8-9,12-14,16-17,25,29-30H,5,7,10-11,15,18H2,1-4H3/t25-,29-,30+/m0/s1. The van der Waals surface area contributed by atoms with Crippen LogP contribution in [0.1, 0.15) is 47.1 Å². The zero-order valence-electron chi connectivity index (χ0n) is 22.9. The molecule has 2 aromatic carbocycles. The minimum absolute atomic E-state index is 0.0128. The van der Waals surface area contributed by atoms with Gasteiger partial charge in [0.15, 0.2) is 0 Å². The third kappa shape index (κ3) is 6.11. The number of aryl methyl sites for hydroxylation is 2. The monoisotopic (exact) mass is 549 g/mol. The second kappa shape index (κ2) is 11.0. The van der Waals surface area contributed by atoms with Crippen molar-refractivity contribution in [2.75, 3.05) is 25.2 Å². The van der Waals surface area contributed by atoms with Crippen LogP contribution < -0.4 is 9.47 Å². The molecule has 0 N–H and O–H groups in total. The Balaban J connectivity index is 1.22. The third-order valence-electron chi connectivity index (χ3n) is 7.58. The van der Waals surface area contributed by atoms with Crippen molar-refractivity contribution >= 4 is 15.8 Å². The highest BCUT2D eigenvalue weighted by atomic mass is 32.2. The largest absolute Gasteiger partial charge is 0.494 e. The van der Waals surface area contributed by atoms with Crippen LogP contribution in [0, 0.1) is 25.7 Å². The highest BCUT2D eigenvalue weighted by Gasteiger charge is 2.60. The van der Waals surface area contributed by atoms with Gasteiger partial charge in [0.05, 0.1) is 24.9 Å². The molecule has 7 nitrogen and oxygen atoms in total. The molecule has 1 saturated carbocycles. The first-order chi connectivity index (χ1) is 18.6. The SMILES string of the molecule is CCOC(=O)[C@@H]1[C@H]2Cc3cc(OCc4cccc(-c5c(C)cc(OCCCS(C)(=O)=O)cc5C)c4)ncc3[C@H]21. The van der Waals surface area contributed by atoms with Gasteiger partial charge in [-0.05, 0) is 96.7 Å². The maximum absolute atomic E-state index is 12.1. The van der Waals surface area contributed by atoms with Crippen molar-refractivity contribution in [3.8, 4) is 22.8 Å². The van der Waals surface area contributed by atoms with E-state index >= 15 is 0 Å². The van der Waals surface area contributed by atoms with Gasteiger partial charge in [-0.25, -0.2) is 13.4 Å². The maximum atomic E-state index is 12.1. The second-order valence-corrected chi connectivity index (χ2v) is 12.9. The van der Waals surface area contributed by atoms with Crippen LogP contribution >= 0.6 is 0 Å². The van der Waals surface area contributed by atoms with E-state index in [4.69, 9.17) is 14.2 Å². The number of hydrogen-bond donors (Lipinski definition) is 0. The summed E-state index contributed by atoms with van der Waals surface area (Å²) in [5.41, 5.74) is 7.83. The summed E-state index contributed by atoms with van der Waals surface area (Å²) in [5, 5.41) is 0. The molecular formula is C31H35NO6S. The van der Waals surface area contributed by atoms with Crippen molar-refractivity contribution in [3.63, 3.8) is 0 Å². The Morgan fingerprint density at radius 2 is 1.85 bits per heavy atom. The second-order valence-electron chi connectivity index (χ2n) is 10.6. The number of rotatable bonds is 11. The summed E-state index contributed by atoms with van der Waals surface area (Å²) in [6, 6.07) is 14.3. The van der Waals surface area contributed by atoms with E-state index in [1.165, 1.54) is 11.8 Å². The molecule has 0 spiro atoms. The molecule has 1 fully saturated rings. The van der Waals surface area contributed by atoms with Crippen molar-refractivity contribution in [1.29, 1.82) is 0 Å². The number of nitrogens with zero attached hydrogens (tertiary/aromatic N) is 1. The van der Waals surface area contributed by atoms with Crippen LogP contribution in [0.25, 0.3) is 11.1 Å². The fourth-order valence-corrected chi connectivity index (χ4v) is 6.50. The summed E-state index contributed by atoms with van der Waals surface area (Å²) in [6.45, 7) is 7.13.